The van der Waals surface area contributed by atoms with Crippen LogP contribution in [0.4, 0.5) is 5.69 Å². The fraction of sp³-hybridized carbons (Fsp3) is 0.321. The van der Waals surface area contributed by atoms with Gasteiger partial charge in [0, 0.05) is 44.0 Å². The number of carbonyl (C=O) groups is 1. The molecule has 3 aromatic carbocycles. The van der Waals surface area contributed by atoms with Crippen molar-refractivity contribution in [1.29, 1.82) is 0 Å². The number of nitrogens with zero attached hydrogens (tertiary/aromatic N) is 2. The number of β-amino-alcohol motifs (C(OH)–C–C–N with tert-alkyl or cyclic N) is 1. The van der Waals surface area contributed by atoms with Crippen LogP contribution in [-0.2, 0) is 4.74 Å². The molecule has 0 aromatic heterocycles. The highest BCUT2D eigenvalue weighted by Crippen LogP contribution is 2.26. The number of benzene rings is 3. The Kier molecular flexibility index (Phi) is 7.89. The first-order chi connectivity index (χ1) is 16.1. The third kappa shape index (κ3) is 6.29. The van der Waals surface area contributed by atoms with Crippen molar-refractivity contribution in [2.24, 2.45) is 0 Å². The zero-order valence-corrected chi connectivity index (χ0v) is 19.1. The molecule has 0 saturated carbocycles. The number of anilines is 1. The predicted octanol–water partition coefficient (Wildman–Crippen LogP) is 4.18. The average molecular weight is 445 g/mol. The van der Waals surface area contributed by atoms with E-state index in [1.165, 1.54) is 0 Å². The number of carbonyl (C=O) groups excluding carboxylic acids is 1. The fourth-order valence-electron chi connectivity index (χ4n) is 4.29. The maximum atomic E-state index is 11.5. The Morgan fingerprint density at radius 3 is 1.91 bits per heavy atom. The largest absolute Gasteiger partial charge is 0.389 e. The van der Waals surface area contributed by atoms with Crippen LogP contribution in [-0.4, -0.2) is 61.2 Å². The van der Waals surface area contributed by atoms with Crippen molar-refractivity contribution >= 4 is 11.5 Å². The third-order valence-corrected chi connectivity index (χ3v) is 6.14. The first-order valence-electron chi connectivity index (χ1n) is 11.6. The monoisotopic (exact) mass is 444 g/mol. The molecule has 3 aromatic rings. The fourth-order valence-corrected chi connectivity index (χ4v) is 4.29. The molecule has 1 aliphatic heterocycles. The summed E-state index contributed by atoms with van der Waals surface area (Å²) in [5.74, 6) is 0.0874. The summed E-state index contributed by atoms with van der Waals surface area (Å²) in [6.07, 6.45) is -0.752. The summed E-state index contributed by atoms with van der Waals surface area (Å²) in [6.45, 7) is 6.01. The summed E-state index contributed by atoms with van der Waals surface area (Å²) >= 11 is 0. The van der Waals surface area contributed by atoms with Gasteiger partial charge in [0.25, 0.3) is 0 Å². The molecule has 0 aliphatic carbocycles. The molecule has 0 spiro atoms. The van der Waals surface area contributed by atoms with Crippen molar-refractivity contribution in [3.8, 4) is 0 Å². The van der Waals surface area contributed by atoms with Gasteiger partial charge in [-0.1, -0.05) is 60.7 Å². The number of rotatable bonds is 9. The van der Waals surface area contributed by atoms with E-state index in [0.29, 0.717) is 6.54 Å². The molecule has 1 N–H and O–H groups in total. The van der Waals surface area contributed by atoms with Crippen LogP contribution in [0, 0.1) is 0 Å². The van der Waals surface area contributed by atoms with Crippen molar-refractivity contribution in [3.05, 3.63) is 102 Å². The van der Waals surface area contributed by atoms with E-state index < -0.39 is 6.10 Å². The van der Waals surface area contributed by atoms with Crippen molar-refractivity contribution in [1.82, 2.24) is 4.90 Å². The van der Waals surface area contributed by atoms with E-state index in [1.807, 2.05) is 60.7 Å². The molecule has 1 fully saturated rings. The predicted molar refractivity (Wildman–Crippen MR) is 132 cm³/mol. The molecular weight excluding hydrogens is 412 g/mol. The van der Waals surface area contributed by atoms with Crippen molar-refractivity contribution < 1.29 is 14.6 Å². The smallest absolute Gasteiger partial charge is 0.159 e. The average Bonchev–Trinajstić information content (AvgIpc) is 2.86. The molecule has 1 atom stereocenters. The quantitative estimate of drug-likeness (QED) is 0.502. The molecule has 5 nitrogen and oxygen atoms in total. The molecule has 33 heavy (non-hydrogen) atoms. The number of hydrogen-bond donors (Lipinski definition) is 1. The van der Waals surface area contributed by atoms with Gasteiger partial charge in [-0.05, 0) is 42.3 Å². The molecule has 1 aliphatic rings. The molecule has 5 heteroatoms. The van der Waals surface area contributed by atoms with Crippen LogP contribution in [0.3, 0.4) is 0 Å². The Labute approximate surface area is 196 Å². The number of hydrogen-bond acceptors (Lipinski definition) is 5. The molecule has 4 rings (SSSR count). The van der Waals surface area contributed by atoms with Crippen LogP contribution in [0.25, 0.3) is 0 Å². The highest BCUT2D eigenvalue weighted by molar-refractivity contribution is 5.94. The second-order valence-corrected chi connectivity index (χ2v) is 8.58. The summed E-state index contributed by atoms with van der Waals surface area (Å²) in [7, 11) is 0. The number of aliphatic hydroxyl groups excluding tert-OH is 1. The topological polar surface area (TPSA) is 53.0 Å². The van der Waals surface area contributed by atoms with Crippen LogP contribution < -0.4 is 4.90 Å². The number of Topliss-reactive ketones (excluding diaryl/α,β-unsaturated/α-hetero) is 1. The minimum atomic E-state index is -0.554. The molecule has 1 saturated heterocycles. The number of ether oxygens (including phenoxy) is 1. The Morgan fingerprint density at radius 2 is 1.39 bits per heavy atom. The molecule has 0 amide bonds. The number of aliphatic hydroxyl groups is 1. The molecule has 0 radical (unpaired) electrons. The summed E-state index contributed by atoms with van der Waals surface area (Å²) in [5, 5.41) is 10.7. The third-order valence-electron chi connectivity index (χ3n) is 6.14. The van der Waals surface area contributed by atoms with Gasteiger partial charge in [-0.15, -0.1) is 0 Å². The van der Waals surface area contributed by atoms with Gasteiger partial charge in [-0.2, -0.15) is 0 Å². The van der Waals surface area contributed by atoms with Crippen LogP contribution in [0.1, 0.15) is 34.5 Å². The van der Waals surface area contributed by atoms with Gasteiger partial charge in [0.05, 0.1) is 12.7 Å². The molecule has 0 bridgehead atoms. The Balaban J connectivity index is 1.28. The molecular formula is C28H32N2O3. The van der Waals surface area contributed by atoms with E-state index >= 15 is 0 Å². The van der Waals surface area contributed by atoms with E-state index in [-0.39, 0.29) is 18.5 Å². The van der Waals surface area contributed by atoms with Gasteiger partial charge in [-0.25, -0.2) is 0 Å². The number of piperazine rings is 1. The maximum Gasteiger partial charge on any atom is 0.159 e. The second kappa shape index (κ2) is 11.2. The van der Waals surface area contributed by atoms with Gasteiger partial charge < -0.3 is 14.7 Å². The second-order valence-electron chi connectivity index (χ2n) is 8.58. The van der Waals surface area contributed by atoms with E-state index in [9.17, 15) is 9.90 Å². The van der Waals surface area contributed by atoms with Gasteiger partial charge in [0.15, 0.2) is 5.78 Å². The first kappa shape index (κ1) is 23.2. The van der Waals surface area contributed by atoms with Gasteiger partial charge in [-0.3, -0.25) is 9.69 Å². The minimum absolute atomic E-state index is 0.0874. The summed E-state index contributed by atoms with van der Waals surface area (Å²) in [4.78, 5) is 16.1. The zero-order chi connectivity index (χ0) is 23.0. The normalized spacial score (nSPS) is 15.5. The minimum Gasteiger partial charge on any atom is -0.389 e. The Bertz CT molecular complexity index is 961. The van der Waals surface area contributed by atoms with Crippen LogP contribution in [0.15, 0.2) is 84.9 Å². The summed E-state index contributed by atoms with van der Waals surface area (Å²) in [6, 6.07) is 28.1. The van der Waals surface area contributed by atoms with Crippen LogP contribution in [0.2, 0.25) is 0 Å². The van der Waals surface area contributed by atoms with Crippen molar-refractivity contribution in [2.45, 2.75) is 19.1 Å². The Morgan fingerprint density at radius 1 is 0.848 bits per heavy atom. The van der Waals surface area contributed by atoms with E-state index in [1.54, 1.807) is 6.92 Å². The lowest BCUT2D eigenvalue weighted by Gasteiger charge is -2.37. The van der Waals surface area contributed by atoms with Crippen LogP contribution in [0.5, 0.6) is 0 Å². The van der Waals surface area contributed by atoms with Gasteiger partial charge in [0.2, 0.25) is 0 Å². The lowest BCUT2D eigenvalue weighted by Crippen LogP contribution is -2.49. The van der Waals surface area contributed by atoms with Gasteiger partial charge in [0.1, 0.15) is 6.10 Å². The van der Waals surface area contributed by atoms with E-state index in [0.717, 1.165) is 48.6 Å². The van der Waals surface area contributed by atoms with E-state index in [4.69, 9.17) is 4.74 Å². The summed E-state index contributed by atoms with van der Waals surface area (Å²) in [5.41, 5.74) is 4.04. The lowest BCUT2D eigenvalue weighted by atomic mass is 10.0. The first-order valence-corrected chi connectivity index (χ1v) is 11.6. The highest BCUT2D eigenvalue weighted by Gasteiger charge is 2.21. The maximum absolute atomic E-state index is 11.5. The summed E-state index contributed by atoms with van der Waals surface area (Å²) < 4.78 is 6.22. The lowest BCUT2D eigenvalue weighted by molar-refractivity contribution is -0.00893. The standard InChI is InChI=1S/C28H32N2O3/c1-22(31)23-12-14-26(15-13-23)30-18-16-29(17-19-30)20-27(32)21-33-28(24-8-4-2-5-9-24)25-10-6-3-7-11-25/h2-15,27-28,32H,16-21H2,1H3/t27-/m1/s1. The van der Waals surface area contributed by atoms with Crippen LogP contribution >= 0.6 is 0 Å². The van der Waals surface area contributed by atoms with Crippen molar-refractivity contribution in [3.63, 3.8) is 0 Å². The molecule has 1 heterocycles. The molecule has 0 unspecified atom stereocenters. The SMILES string of the molecule is CC(=O)c1ccc(N2CCN(C[C@@H](O)COC(c3ccccc3)c3ccccc3)CC2)cc1. The van der Waals surface area contributed by atoms with Crippen molar-refractivity contribution in [2.75, 3.05) is 44.2 Å². The zero-order valence-electron chi connectivity index (χ0n) is 19.1. The van der Waals surface area contributed by atoms with Gasteiger partial charge >= 0.3 is 0 Å². The Hall–Kier alpha value is -2.99. The number of ketones is 1. The molecule has 172 valence electrons. The highest BCUT2D eigenvalue weighted by atomic mass is 16.5. The van der Waals surface area contributed by atoms with E-state index in [2.05, 4.69) is 34.1 Å².